The number of anilines is 1. The van der Waals surface area contributed by atoms with Crippen molar-refractivity contribution in [2.24, 2.45) is 0 Å². The van der Waals surface area contributed by atoms with Gasteiger partial charge in [-0.05, 0) is 33.6 Å². The van der Waals surface area contributed by atoms with Crippen LogP contribution in [-0.2, 0) is 14.3 Å². The van der Waals surface area contributed by atoms with E-state index in [-0.39, 0.29) is 19.2 Å². The Labute approximate surface area is 170 Å². The summed E-state index contributed by atoms with van der Waals surface area (Å²) in [5, 5.41) is 3.70. The third-order valence-corrected chi connectivity index (χ3v) is 5.68. The lowest BCUT2D eigenvalue weighted by atomic mass is 10.0. The van der Waals surface area contributed by atoms with Gasteiger partial charge in [0.2, 0.25) is 0 Å². The largest absolute Gasteiger partial charge is 0.455 e. The van der Waals surface area contributed by atoms with Gasteiger partial charge in [-0.2, -0.15) is 8.42 Å². The van der Waals surface area contributed by atoms with Crippen LogP contribution in [0.1, 0.15) is 17.4 Å². The Hall–Kier alpha value is -2.36. The van der Waals surface area contributed by atoms with Crippen molar-refractivity contribution in [2.45, 2.75) is 6.04 Å². The fraction of sp³-hybridized carbons (Fsp3) is 0.211. The Kier molecular flexibility index (Phi) is 4.90. The normalized spacial score (nSPS) is 16.9. The highest BCUT2D eigenvalue weighted by Gasteiger charge is 2.37. The van der Waals surface area contributed by atoms with E-state index in [1.54, 1.807) is 0 Å². The average Bonchev–Trinajstić information content (AvgIpc) is 3.04. The number of amides is 2. The summed E-state index contributed by atoms with van der Waals surface area (Å²) < 4.78 is 34.3. The van der Waals surface area contributed by atoms with Gasteiger partial charge in [0.05, 0.1) is 29.6 Å². The lowest BCUT2D eigenvalue weighted by Crippen LogP contribution is -2.47. The van der Waals surface area contributed by atoms with Gasteiger partial charge in [0.15, 0.2) is 11.3 Å². The third-order valence-electron chi connectivity index (χ3n) is 4.46. The second-order valence-corrected chi connectivity index (χ2v) is 8.90. The van der Waals surface area contributed by atoms with Gasteiger partial charge in [-0.15, -0.1) is 0 Å². The van der Waals surface area contributed by atoms with Crippen LogP contribution >= 0.6 is 15.9 Å². The van der Waals surface area contributed by atoms with Crippen molar-refractivity contribution in [2.75, 3.05) is 24.3 Å². The summed E-state index contributed by atoms with van der Waals surface area (Å²) in [5.74, 6) is 0.590. The molecule has 1 unspecified atom stereocenters. The lowest BCUT2D eigenvalue weighted by Gasteiger charge is -2.32. The standard InChI is InChI=1S/C19H17BrN2O5S/c1-28(24,25)26-11-10-22-16-13-8-5-9-14(20)17(13)27-18(16)15(21-19(22)23)12-6-3-2-4-7-12/h2-9,15H,10-11H2,1H3,(H,21,23). The average molecular weight is 465 g/mol. The molecule has 0 spiro atoms. The fourth-order valence-corrected chi connectivity index (χ4v) is 4.13. The van der Waals surface area contributed by atoms with E-state index in [4.69, 9.17) is 8.60 Å². The number of rotatable bonds is 5. The van der Waals surface area contributed by atoms with Crippen molar-refractivity contribution in [1.29, 1.82) is 0 Å². The molecule has 9 heteroatoms. The van der Waals surface area contributed by atoms with Gasteiger partial charge in [-0.25, -0.2) is 4.79 Å². The summed E-state index contributed by atoms with van der Waals surface area (Å²) in [6.07, 6.45) is 0.977. The van der Waals surface area contributed by atoms with Crippen LogP contribution in [-0.4, -0.2) is 33.9 Å². The minimum atomic E-state index is -3.60. The zero-order chi connectivity index (χ0) is 19.9. The predicted molar refractivity (Wildman–Crippen MR) is 109 cm³/mol. The maximum atomic E-state index is 12.9. The molecule has 1 aliphatic rings. The summed E-state index contributed by atoms with van der Waals surface area (Å²) in [6.45, 7) is -0.0864. The van der Waals surface area contributed by atoms with Gasteiger partial charge in [-0.1, -0.05) is 36.4 Å². The van der Waals surface area contributed by atoms with Crippen molar-refractivity contribution in [3.05, 3.63) is 64.3 Å². The maximum absolute atomic E-state index is 12.9. The van der Waals surface area contributed by atoms with Crippen LogP contribution in [0, 0.1) is 0 Å². The van der Waals surface area contributed by atoms with Crippen LogP contribution < -0.4 is 10.2 Å². The fourth-order valence-electron chi connectivity index (χ4n) is 3.31. The van der Waals surface area contributed by atoms with Crippen molar-refractivity contribution in [1.82, 2.24) is 5.32 Å². The van der Waals surface area contributed by atoms with E-state index < -0.39 is 16.2 Å². The lowest BCUT2D eigenvalue weighted by molar-refractivity contribution is 0.237. The van der Waals surface area contributed by atoms with E-state index in [0.29, 0.717) is 17.0 Å². The highest BCUT2D eigenvalue weighted by Crippen LogP contribution is 2.44. The van der Waals surface area contributed by atoms with E-state index in [9.17, 15) is 13.2 Å². The summed E-state index contributed by atoms with van der Waals surface area (Å²) >= 11 is 3.49. The van der Waals surface area contributed by atoms with Crippen molar-refractivity contribution in [3.63, 3.8) is 0 Å². The molecule has 0 fully saturated rings. The first-order valence-electron chi connectivity index (χ1n) is 8.53. The maximum Gasteiger partial charge on any atom is 0.322 e. The molecule has 0 saturated carbocycles. The number of nitrogens with one attached hydrogen (secondary N) is 1. The Morgan fingerprint density at radius 1 is 1.18 bits per heavy atom. The number of hydrogen-bond acceptors (Lipinski definition) is 5. The van der Waals surface area contributed by atoms with E-state index in [0.717, 1.165) is 21.7 Å². The third kappa shape index (κ3) is 3.52. The number of furan rings is 1. The monoisotopic (exact) mass is 464 g/mol. The highest BCUT2D eigenvalue weighted by molar-refractivity contribution is 9.10. The molecule has 3 aromatic rings. The van der Waals surface area contributed by atoms with Crippen LogP contribution in [0.25, 0.3) is 11.0 Å². The predicted octanol–water partition coefficient (Wildman–Crippen LogP) is 3.79. The Balaban J connectivity index is 1.82. The number of halogens is 1. The van der Waals surface area contributed by atoms with Crippen LogP contribution in [0.4, 0.5) is 10.5 Å². The van der Waals surface area contributed by atoms with Crippen molar-refractivity contribution in [3.8, 4) is 0 Å². The topological polar surface area (TPSA) is 88.9 Å². The molecular weight excluding hydrogens is 448 g/mol. The first-order chi connectivity index (χ1) is 13.3. The molecule has 2 heterocycles. The van der Waals surface area contributed by atoms with E-state index in [2.05, 4.69) is 21.2 Å². The number of urea groups is 1. The second-order valence-electron chi connectivity index (χ2n) is 6.40. The Morgan fingerprint density at radius 3 is 2.64 bits per heavy atom. The van der Waals surface area contributed by atoms with Gasteiger partial charge in [-0.3, -0.25) is 9.08 Å². The smallest absolute Gasteiger partial charge is 0.322 e. The summed E-state index contributed by atoms with van der Waals surface area (Å²) in [4.78, 5) is 14.3. The van der Waals surface area contributed by atoms with Gasteiger partial charge in [0.25, 0.3) is 10.1 Å². The van der Waals surface area contributed by atoms with Crippen molar-refractivity contribution >= 4 is 48.7 Å². The van der Waals surface area contributed by atoms with Gasteiger partial charge in [0.1, 0.15) is 6.04 Å². The van der Waals surface area contributed by atoms with Gasteiger partial charge < -0.3 is 9.73 Å². The number of benzene rings is 2. The highest BCUT2D eigenvalue weighted by atomic mass is 79.9. The second kappa shape index (κ2) is 7.23. The molecule has 0 saturated heterocycles. The molecule has 0 radical (unpaired) electrons. The van der Waals surface area contributed by atoms with E-state index in [1.165, 1.54) is 4.90 Å². The Bertz CT molecular complexity index is 1140. The molecule has 28 heavy (non-hydrogen) atoms. The van der Waals surface area contributed by atoms with Gasteiger partial charge >= 0.3 is 6.03 Å². The first-order valence-corrected chi connectivity index (χ1v) is 11.1. The van der Waals surface area contributed by atoms with E-state index >= 15 is 0 Å². The van der Waals surface area contributed by atoms with Crippen LogP contribution in [0.3, 0.4) is 0 Å². The first kappa shape index (κ1) is 19.0. The van der Waals surface area contributed by atoms with Crippen molar-refractivity contribution < 1.29 is 21.8 Å². The number of fused-ring (bicyclic) bond motifs is 3. The number of nitrogens with zero attached hydrogens (tertiary/aromatic N) is 1. The van der Waals surface area contributed by atoms with Gasteiger partial charge in [0, 0.05) is 5.39 Å². The molecule has 2 amide bonds. The molecule has 1 atom stereocenters. The molecular formula is C19H17BrN2O5S. The molecule has 0 bridgehead atoms. The Morgan fingerprint density at radius 2 is 1.93 bits per heavy atom. The number of hydrogen-bond donors (Lipinski definition) is 1. The van der Waals surface area contributed by atoms with E-state index in [1.807, 2.05) is 48.5 Å². The molecule has 1 aliphatic heterocycles. The molecule has 2 aromatic carbocycles. The summed E-state index contributed by atoms with van der Waals surface area (Å²) in [7, 11) is -3.60. The minimum absolute atomic E-state index is 0.0640. The van der Waals surface area contributed by atoms with Crippen LogP contribution in [0.15, 0.2) is 57.4 Å². The minimum Gasteiger partial charge on any atom is -0.455 e. The quantitative estimate of drug-likeness (QED) is 0.580. The molecule has 1 N–H and O–H groups in total. The summed E-state index contributed by atoms with van der Waals surface area (Å²) in [5.41, 5.74) is 2.13. The number of carbonyl (C=O) groups is 1. The number of para-hydroxylation sites is 1. The zero-order valence-corrected chi connectivity index (χ0v) is 17.3. The molecule has 0 aliphatic carbocycles. The number of carbonyl (C=O) groups excluding carboxylic acids is 1. The SMILES string of the molecule is CS(=O)(=O)OCCN1C(=O)NC(c2ccccc2)c2oc3c(Br)cccc3c21. The zero-order valence-electron chi connectivity index (χ0n) is 14.9. The summed E-state index contributed by atoms with van der Waals surface area (Å²) in [6, 6.07) is 14.3. The van der Waals surface area contributed by atoms with Crippen LogP contribution in [0.5, 0.6) is 0 Å². The molecule has 1 aromatic heterocycles. The molecule has 7 nitrogen and oxygen atoms in total. The molecule has 4 rings (SSSR count). The van der Waals surface area contributed by atoms with Crippen LogP contribution in [0.2, 0.25) is 0 Å². The molecule has 146 valence electrons.